The first-order valence-electron chi connectivity index (χ1n) is 9.74. The van der Waals surface area contributed by atoms with Gasteiger partial charge >= 0.3 is 0 Å². The number of hydrogen-bond acceptors (Lipinski definition) is 4. The van der Waals surface area contributed by atoms with Gasteiger partial charge in [-0.15, -0.1) is 0 Å². The van der Waals surface area contributed by atoms with Gasteiger partial charge in [0.25, 0.3) is 0 Å². The van der Waals surface area contributed by atoms with E-state index in [1.807, 2.05) is 37.3 Å². The molecule has 0 saturated heterocycles. The van der Waals surface area contributed by atoms with Crippen LogP contribution in [-0.4, -0.2) is 30.6 Å². The fraction of sp³-hybridized carbons (Fsp3) is 0.273. The number of H-pyrrole nitrogens is 1. The molecule has 148 valence electrons. The summed E-state index contributed by atoms with van der Waals surface area (Å²) in [6, 6.07) is 14.2. The van der Waals surface area contributed by atoms with Crippen molar-refractivity contribution < 1.29 is 4.79 Å². The molecule has 29 heavy (non-hydrogen) atoms. The number of nitrogens with zero attached hydrogens (tertiary/aromatic N) is 4. The number of carbonyl (C=O) groups excluding carboxylic acids is 1. The maximum atomic E-state index is 12.4. The Balaban J connectivity index is 1.31. The number of aryl methyl sites for hydroxylation is 3. The second-order valence-corrected chi connectivity index (χ2v) is 7.41. The van der Waals surface area contributed by atoms with Crippen molar-refractivity contribution in [3.63, 3.8) is 0 Å². The Morgan fingerprint density at radius 1 is 1.17 bits per heavy atom. The van der Waals surface area contributed by atoms with Gasteiger partial charge in [-0.2, -0.15) is 5.10 Å². The summed E-state index contributed by atoms with van der Waals surface area (Å²) in [6.45, 7) is 4.46. The molecular formula is C22H24N6O. The van der Waals surface area contributed by atoms with E-state index in [2.05, 4.69) is 44.4 Å². The van der Waals surface area contributed by atoms with E-state index in [0.29, 0.717) is 6.54 Å². The summed E-state index contributed by atoms with van der Waals surface area (Å²) >= 11 is 0. The Morgan fingerprint density at radius 2 is 2.00 bits per heavy atom. The standard InChI is InChI=1S/C22H24N6O/c1-15-3-9-19-20(11-15)27-21(26-19)10-6-17-4-7-18(8-5-17)25-22(29)16(2)12-28-14-23-13-24-28/h3-5,7-9,11,13-14,16H,6,10,12H2,1-2H3,(H,25,29)(H,26,27)/t16-/m0/s1. The highest BCUT2D eigenvalue weighted by atomic mass is 16.1. The van der Waals surface area contributed by atoms with Crippen LogP contribution in [0.25, 0.3) is 11.0 Å². The third-order valence-corrected chi connectivity index (χ3v) is 4.93. The monoisotopic (exact) mass is 388 g/mol. The minimum absolute atomic E-state index is 0.0363. The summed E-state index contributed by atoms with van der Waals surface area (Å²) in [5.41, 5.74) is 5.31. The van der Waals surface area contributed by atoms with Crippen LogP contribution in [0.3, 0.4) is 0 Å². The predicted molar refractivity (Wildman–Crippen MR) is 112 cm³/mol. The highest BCUT2D eigenvalue weighted by Crippen LogP contribution is 2.16. The lowest BCUT2D eigenvalue weighted by Crippen LogP contribution is -2.24. The topological polar surface area (TPSA) is 88.5 Å². The first-order chi connectivity index (χ1) is 14.1. The Hall–Kier alpha value is -3.48. The second-order valence-electron chi connectivity index (χ2n) is 7.41. The first-order valence-corrected chi connectivity index (χ1v) is 9.74. The van der Waals surface area contributed by atoms with E-state index in [4.69, 9.17) is 0 Å². The Labute approximate surface area is 169 Å². The largest absolute Gasteiger partial charge is 0.342 e. The molecule has 2 heterocycles. The molecule has 2 aromatic heterocycles. The van der Waals surface area contributed by atoms with Gasteiger partial charge in [0.2, 0.25) is 5.91 Å². The van der Waals surface area contributed by atoms with Crippen LogP contribution in [0.5, 0.6) is 0 Å². The van der Waals surface area contributed by atoms with Crippen LogP contribution >= 0.6 is 0 Å². The predicted octanol–water partition coefficient (Wildman–Crippen LogP) is 3.52. The van der Waals surface area contributed by atoms with E-state index in [9.17, 15) is 4.79 Å². The van der Waals surface area contributed by atoms with Crippen LogP contribution in [-0.2, 0) is 24.2 Å². The van der Waals surface area contributed by atoms with E-state index in [1.54, 1.807) is 11.0 Å². The quantitative estimate of drug-likeness (QED) is 0.507. The van der Waals surface area contributed by atoms with Crippen molar-refractivity contribution >= 4 is 22.6 Å². The molecular weight excluding hydrogens is 364 g/mol. The molecule has 4 aromatic rings. The summed E-state index contributed by atoms with van der Waals surface area (Å²) in [7, 11) is 0. The minimum atomic E-state index is -0.201. The first kappa shape index (κ1) is 18.9. The molecule has 2 N–H and O–H groups in total. The SMILES string of the molecule is Cc1ccc2nc(CCc3ccc(NC(=O)[C@@H](C)Cn4cncn4)cc3)[nH]c2c1. The third kappa shape index (κ3) is 4.68. The zero-order chi connectivity index (χ0) is 20.2. The van der Waals surface area contributed by atoms with Crippen molar-refractivity contribution in [2.75, 3.05) is 5.32 Å². The Kier molecular flexibility index (Phi) is 5.37. The van der Waals surface area contributed by atoms with Crippen molar-refractivity contribution in [2.45, 2.75) is 33.2 Å². The van der Waals surface area contributed by atoms with Crippen molar-refractivity contribution in [2.24, 2.45) is 5.92 Å². The minimum Gasteiger partial charge on any atom is -0.342 e. The van der Waals surface area contributed by atoms with Crippen LogP contribution in [0.1, 0.15) is 23.9 Å². The lowest BCUT2D eigenvalue weighted by Gasteiger charge is -2.12. The molecule has 0 bridgehead atoms. The van der Waals surface area contributed by atoms with Gasteiger partial charge in [-0.1, -0.05) is 25.1 Å². The van der Waals surface area contributed by atoms with Gasteiger partial charge < -0.3 is 10.3 Å². The summed E-state index contributed by atoms with van der Waals surface area (Å²) in [6.07, 6.45) is 4.81. The van der Waals surface area contributed by atoms with Gasteiger partial charge in [-0.05, 0) is 48.7 Å². The highest BCUT2D eigenvalue weighted by molar-refractivity contribution is 5.92. The summed E-state index contributed by atoms with van der Waals surface area (Å²) in [5.74, 6) is 0.754. The van der Waals surface area contributed by atoms with Crippen molar-refractivity contribution in [1.29, 1.82) is 0 Å². The number of hydrogen-bond donors (Lipinski definition) is 2. The number of benzene rings is 2. The van der Waals surface area contributed by atoms with E-state index in [0.717, 1.165) is 35.4 Å². The molecule has 1 amide bonds. The number of fused-ring (bicyclic) bond motifs is 1. The van der Waals surface area contributed by atoms with Crippen LogP contribution in [0.4, 0.5) is 5.69 Å². The van der Waals surface area contributed by atoms with Gasteiger partial charge in [0.15, 0.2) is 0 Å². The van der Waals surface area contributed by atoms with Crippen molar-refractivity contribution in [1.82, 2.24) is 24.7 Å². The second kappa shape index (κ2) is 8.26. The highest BCUT2D eigenvalue weighted by Gasteiger charge is 2.14. The van der Waals surface area contributed by atoms with E-state index in [-0.39, 0.29) is 11.8 Å². The average molecular weight is 388 g/mol. The zero-order valence-electron chi connectivity index (χ0n) is 16.6. The smallest absolute Gasteiger partial charge is 0.229 e. The van der Waals surface area contributed by atoms with Gasteiger partial charge in [-0.3, -0.25) is 9.48 Å². The number of nitrogens with one attached hydrogen (secondary N) is 2. The maximum absolute atomic E-state index is 12.4. The van der Waals surface area contributed by atoms with E-state index in [1.165, 1.54) is 17.5 Å². The van der Waals surface area contributed by atoms with Crippen molar-refractivity contribution in [3.05, 3.63) is 72.1 Å². The lowest BCUT2D eigenvalue weighted by atomic mass is 10.1. The van der Waals surface area contributed by atoms with Crippen LogP contribution < -0.4 is 5.32 Å². The van der Waals surface area contributed by atoms with Crippen molar-refractivity contribution in [3.8, 4) is 0 Å². The molecule has 0 fully saturated rings. The number of anilines is 1. The molecule has 1 atom stereocenters. The van der Waals surface area contributed by atoms with Gasteiger partial charge in [0, 0.05) is 12.1 Å². The molecule has 7 nitrogen and oxygen atoms in total. The number of imidazole rings is 1. The summed E-state index contributed by atoms with van der Waals surface area (Å²) in [4.78, 5) is 24.3. The average Bonchev–Trinajstić information content (AvgIpc) is 3.36. The number of rotatable bonds is 7. The maximum Gasteiger partial charge on any atom is 0.229 e. The molecule has 0 unspecified atom stereocenters. The molecule has 0 radical (unpaired) electrons. The number of aromatic nitrogens is 5. The fourth-order valence-corrected chi connectivity index (χ4v) is 3.27. The fourth-order valence-electron chi connectivity index (χ4n) is 3.27. The molecule has 0 aliphatic carbocycles. The molecule has 0 saturated carbocycles. The molecule has 0 aliphatic heterocycles. The van der Waals surface area contributed by atoms with Crippen LogP contribution in [0.2, 0.25) is 0 Å². The number of amides is 1. The molecule has 4 rings (SSSR count). The molecule has 0 aliphatic rings. The summed E-state index contributed by atoms with van der Waals surface area (Å²) in [5, 5.41) is 7.00. The normalized spacial score (nSPS) is 12.2. The third-order valence-electron chi connectivity index (χ3n) is 4.93. The van der Waals surface area contributed by atoms with Gasteiger partial charge in [0.1, 0.15) is 18.5 Å². The Bertz CT molecular complexity index is 1100. The van der Waals surface area contributed by atoms with Gasteiger partial charge in [-0.25, -0.2) is 9.97 Å². The number of carbonyl (C=O) groups is 1. The van der Waals surface area contributed by atoms with Crippen LogP contribution in [0.15, 0.2) is 55.1 Å². The van der Waals surface area contributed by atoms with E-state index < -0.39 is 0 Å². The molecule has 7 heteroatoms. The van der Waals surface area contributed by atoms with Crippen LogP contribution in [0, 0.1) is 12.8 Å². The number of aromatic amines is 1. The molecule has 0 spiro atoms. The Morgan fingerprint density at radius 3 is 2.76 bits per heavy atom. The lowest BCUT2D eigenvalue weighted by molar-refractivity contribution is -0.119. The van der Waals surface area contributed by atoms with Gasteiger partial charge in [0.05, 0.1) is 23.5 Å². The summed E-state index contributed by atoms with van der Waals surface area (Å²) < 4.78 is 1.66. The molecule has 2 aromatic carbocycles. The zero-order valence-corrected chi connectivity index (χ0v) is 16.6. The van der Waals surface area contributed by atoms with E-state index >= 15 is 0 Å².